The Morgan fingerprint density at radius 3 is 2.44 bits per heavy atom. The van der Waals surface area contributed by atoms with Crippen molar-refractivity contribution in [3.8, 4) is 11.5 Å². The average molecular weight is 378 g/mol. The molecule has 6 nitrogen and oxygen atoms in total. The van der Waals surface area contributed by atoms with Gasteiger partial charge in [-0.25, -0.2) is 0 Å². The number of hydrogen-bond donors (Lipinski definition) is 2. The molecule has 1 aliphatic rings. The Hall–Kier alpha value is -1.79. The molecule has 6 heteroatoms. The van der Waals surface area contributed by atoms with Gasteiger partial charge in [0, 0.05) is 0 Å². The largest absolute Gasteiger partial charge is 0.493 e. The molecule has 2 N–H and O–H groups in total. The molecule has 152 valence electrons. The van der Waals surface area contributed by atoms with Crippen molar-refractivity contribution in [2.24, 2.45) is 5.92 Å². The van der Waals surface area contributed by atoms with Crippen LogP contribution in [0.4, 0.5) is 0 Å². The predicted octanol–water partition coefficient (Wildman–Crippen LogP) is 2.51. The molecule has 1 saturated heterocycles. The first-order chi connectivity index (χ1) is 13.0. The summed E-state index contributed by atoms with van der Waals surface area (Å²) in [6, 6.07) is 3.82. The van der Waals surface area contributed by atoms with E-state index < -0.39 is 0 Å². The molecule has 1 aromatic carbocycles. The zero-order chi connectivity index (χ0) is 19.8. The van der Waals surface area contributed by atoms with Crippen LogP contribution in [0.1, 0.15) is 43.4 Å². The molecule has 1 aromatic rings. The molecule has 2 rings (SSSR count). The maximum absolute atomic E-state index is 12.5. The van der Waals surface area contributed by atoms with Crippen LogP contribution in [-0.4, -0.2) is 58.3 Å². The number of aryl methyl sites for hydroxylation is 1. The molecule has 0 bridgehead atoms. The van der Waals surface area contributed by atoms with E-state index in [1.165, 1.54) is 19.3 Å². The van der Waals surface area contributed by atoms with Crippen molar-refractivity contribution in [1.29, 1.82) is 0 Å². The first kappa shape index (κ1) is 21.5. The Kier molecular flexibility index (Phi) is 8.38. The van der Waals surface area contributed by atoms with Gasteiger partial charge < -0.3 is 20.1 Å². The summed E-state index contributed by atoms with van der Waals surface area (Å²) in [7, 11) is 5.26. The van der Waals surface area contributed by atoms with E-state index in [1.807, 2.05) is 33.0 Å². The van der Waals surface area contributed by atoms with E-state index in [4.69, 9.17) is 9.47 Å². The summed E-state index contributed by atoms with van der Waals surface area (Å²) in [5.74, 6) is 2.25. The van der Waals surface area contributed by atoms with Gasteiger partial charge in [0.15, 0.2) is 11.5 Å². The molecule has 0 saturated carbocycles. The smallest absolute Gasteiger partial charge is 0.234 e. The van der Waals surface area contributed by atoms with Crippen LogP contribution in [0.2, 0.25) is 0 Å². The third-order valence-electron chi connectivity index (χ3n) is 5.49. The van der Waals surface area contributed by atoms with Gasteiger partial charge in [-0.1, -0.05) is 0 Å². The molecule has 0 spiro atoms. The molecule has 1 unspecified atom stereocenters. The third-order valence-corrected chi connectivity index (χ3v) is 5.49. The topological polar surface area (TPSA) is 62.8 Å². The number of nitrogens with zero attached hydrogens (tertiary/aromatic N) is 1. The van der Waals surface area contributed by atoms with Gasteiger partial charge in [-0.2, -0.15) is 0 Å². The number of likely N-dealkylation sites (tertiary alicyclic amines) is 1. The maximum Gasteiger partial charge on any atom is 0.234 e. The van der Waals surface area contributed by atoms with Crippen molar-refractivity contribution in [3.63, 3.8) is 0 Å². The lowest BCUT2D eigenvalue weighted by atomic mass is 9.93. The van der Waals surface area contributed by atoms with E-state index in [9.17, 15) is 4.79 Å². The molecule has 1 fully saturated rings. The van der Waals surface area contributed by atoms with E-state index in [-0.39, 0.29) is 11.9 Å². The van der Waals surface area contributed by atoms with Crippen molar-refractivity contribution in [2.45, 2.75) is 39.2 Å². The minimum absolute atomic E-state index is 0.0744. The quantitative estimate of drug-likeness (QED) is 0.692. The average Bonchev–Trinajstić information content (AvgIpc) is 2.66. The lowest BCUT2D eigenvalue weighted by molar-refractivity contribution is -0.123. The van der Waals surface area contributed by atoms with E-state index in [2.05, 4.69) is 15.5 Å². The number of rotatable bonds is 9. The highest BCUT2D eigenvalue weighted by molar-refractivity contribution is 5.78. The minimum atomic E-state index is -0.0783. The Bertz CT molecular complexity index is 613. The number of hydrogen-bond acceptors (Lipinski definition) is 5. The second kappa shape index (κ2) is 10.5. The van der Waals surface area contributed by atoms with E-state index in [0.717, 1.165) is 36.7 Å². The summed E-state index contributed by atoms with van der Waals surface area (Å²) in [6.07, 6.45) is 3.59. The summed E-state index contributed by atoms with van der Waals surface area (Å²) in [5.41, 5.74) is 2.12. The highest BCUT2D eigenvalue weighted by atomic mass is 16.5. The molecular weight excluding hydrogens is 342 g/mol. The second-order valence-corrected chi connectivity index (χ2v) is 7.46. The van der Waals surface area contributed by atoms with Gasteiger partial charge >= 0.3 is 0 Å². The summed E-state index contributed by atoms with van der Waals surface area (Å²) < 4.78 is 10.7. The standard InChI is InChI=1S/C21H35N3O3/c1-15-12-19(26-4)20(27-5)13-18(15)16(2)23-21(25)14-24-10-7-17(8-11-24)6-9-22-3/h12-13,16-17,22H,6-11,14H2,1-5H3,(H,23,25). The summed E-state index contributed by atoms with van der Waals surface area (Å²) in [5, 5.41) is 6.35. The normalized spacial score (nSPS) is 16.8. The third kappa shape index (κ3) is 6.11. The van der Waals surface area contributed by atoms with Gasteiger partial charge in [0.05, 0.1) is 26.8 Å². The number of benzene rings is 1. The second-order valence-electron chi connectivity index (χ2n) is 7.46. The van der Waals surface area contributed by atoms with E-state index >= 15 is 0 Å². The summed E-state index contributed by atoms with van der Waals surface area (Å²) >= 11 is 0. The fourth-order valence-electron chi connectivity index (χ4n) is 3.81. The van der Waals surface area contributed by atoms with Crippen molar-refractivity contribution in [3.05, 3.63) is 23.3 Å². The molecule has 1 atom stereocenters. The lowest BCUT2D eigenvalue weighted by Crippen LogP contribution is -2.42. The lowest BCUT2D eigenvalue weighted by Gasteiger charge is -2.31. The number of ether oxygens (including phenoxy) is 2. The van der Waals surface area contributed by atoms with Crippen LogP contribution in [-0.2, 0) is 4.79 Å². The van der Waals surface area contributed by atoms with Gasteiger partial charge in [-0.05, 0) is 89.0 Å². The van der Waals surface area contributed by atoms with Crippen molar-refractivity contribution in [2.75, 3.05) is 47.4 Å². The fraction of sp³-hybridized carbons (Fsp3) is 0.667. The van der Waals surface area contributed by atoms with Crippen LogP contribution >= 0.6 is 0 Å². The monoisotopic (exact) mass is 377 g/mol. The number of nitrogens with one attached hydrogen (secondary N) is 2. The van der Waals surface area contributed by atoms with Crippen molar-refractivity contribution >= 4 is 5.91 Å². The van der Waals surface area contributed by atoms with Crippen molar-refractivity contribution < 1.29 is 14.3 Å². The van der Waals surface area contributed by atoms with E-state index in [0.29, 0.717) is 18.0 Å². The molecule has 1 heterocycles. The molecule has 1 amide bonds. The molecular formula is C21H35N3O3. The number of piperidine rings is 1. The van der Waals surface area contributed by atoms with Gasteiger partial charge in [0.25, 0.3) is 0 Å². The van der Waals surface area contributed by atoms with Gasteiger partial charge in [0.1, 0.15) is 0 Å². The summed E-state index contributed by atoms with van der Waals surface area (Å²) in [4.78, 5) is 14.8. The van der Waals surface area contributed by atoms with Gasteiger partial charge in [-0.15, -0.1) is 0 Å². The molecule has 1 aliphatic heterocycles. The highest BCUT2D eigenvalue weighted by Crippen LogP contribution is 2.32. The number of carbonyl (C=O) groups is 1. The van der Waals surface area contributed by atoms with Crippen LogP contribution in [0.15, 0.2) is 12.1 Å². The highest BCUT2D eigenvalue weighted by Gasteiger charge is 2.22. The van der Waals surface area contributed by atoms with Crippen LogP contribution in [0.5, 0.6) is 11.5 Å². The van der Waals surface area contributed by atoms with Crippen LogP contribution in [0, 0.1) is 12.8 Å². The first-order valence-corrected chi connectivity index (χ1v) is 9.87. The Balaban J connectivity index is 1.87. The Morgan fingerprint density at radius 2 is 1.85 bits per heavy atom. The van der Waals surface area contributed by atoms with Crippen LogP contribution in [0.25, 0.3) is 0 Å². The molecule has 27 heavy (non-hydrogen) atoms. The first-order valence-electron chi connectivity index (χ1n) is 9.87. The van der Waals surface area contributed by atoms with Crippen LogP contribution in [0.3, 0.4) is 0 Å². The van der Waals surface area contributed by atoms with Crippen LogP contribution < -0.4 is 20.1 Å². The predicted molar refractivity (Wildman–Crippen MR) is 109 cm³/mol. The van der Waals surface area contributed by atoms with Crippen molar-refractivity contribution in [1.82, 2.24) is 15.5 Å². The fourth-order valence-corrected chi connectivity index (χ4v) is 3.81. The molecule has 0 aromatic heterocycles. The maximum atomic E-state index is 12.5. The minimum Gasteiger partial charge on any atom is -0.493 e. The van der Waals surface area contributed by atoms with Gasteiger partial charge in [-0.3, -0.25) is 9.69 Å². The molecule has 0 radical (unpaired) electrons. The zero-order valence-electron chi connectivity index (χ0n) is 17.4. The van der Waals surface area contributed by atoms with Gasteiger partial charge in [0.2, 0.25) is 5.91 Å². The SMILES string of the molecule is CNCCC1CCN(CC(=O)NC(C)c2cc(OC)c(OC)cc2C)CC1. The Labute approximate surface area is 163 Å². The van der Waals surface area contributed by atoms with E-state index in [1.54, 1.807) is 14.2 Å². The zero-order valence-corrected chi connectivity index (χ0v) is 17.4. The number of carbonyl (C=O) groups excluding carboxylic acids is 1. The number of methoxy groups -OCH3 is 2. The Morgan fingerprint density at radius 1 is 1.22 bits per heavy atom. The number of amides is 1. The molecule has 0 aliphatic carbocycles. The summed E-state index contributed by atoms with van der Waals surface area (Å²) in [6.45, 7) is 7.59.